The second-order valence-electron chi connectivity index (χ2n) is 7.03. The Morgan fingerprint density at radius 1 is 1.33 bits per heavy atom. The first-order valence-corrected chi connectivity index (χ1v) is 7.83. The molecular formula is C16H30N2O3. The van der Waals surface area contributed by atoms with Crippen LogP contribution in [0, 0.1) is 11.3 Å². The summed E-state index contributed by atoms with van der Waals surface area (Å²) in [4.78, 5) is 26.8. The number of amides is 2. The number of methoxy groups -OCH3 is 1. The van der Waals surface area contributed by atoms with Crippen LogP contribution in [-0.4, -0.2) is 49.1 Å². The number of carbonyl (C=O) groups excluding carboxylic acids is 2. The minimum atomic E-state index is -0.384. The van der Waals surface area contributed by atoms with E-state index in [1.54, 1.807) is 12.0 Å². The summed E-state index contributed by atoms with van der Waals surface area (Å²) in [5, 5.41) is 2.85. The molecule has 5 nitrogen and oxygen atoms in total. The Kier molecular flexibility index (Phi) is 6.20. The first kappa shape index (κ1) is 18.0. The van der Waals surface area contributed by atoms with Gasteiger partial charge in [-0.2, -0.15) is 0 Å². The molecule has 0 spiro atoms. The van der Waals surface area contributed by atoms with Gasteiger partial charge in [-0.25, -0.2) is 0 Å². The van der Waals surface area contributed by atoms with Gasteiger partial charge in [-0.3, -0.25) is 9.59 Å². The van der Waals surface area contributed by atoms with Gasteiger partial charge >= 0.3 is 0 Å². The van der Waals surface area contributed by atoms with Gasteiger partial charge in [0.2, 0.25) is 11.8 Å². The maximum Gasteiger partial charge on any atom is 0.245 e. The Labute approximate surface area is 128 Å². The molecule has 1 aliphatic rings. The van der Waals surface area contributed by atoms with E-state index in [2.05, 4.69) is 19.2 Å². The largest absolute Gasteiger partial charge is 0.385 e. The molecule has 2 atom stereocenters. The number of nitrogens with one attached hydrogen (secondary N) is 1. The molecule has 5 heteroatoms. The van der Waals surface area contributed by atoms with Crippen molar-refractivity contribution >= 4 is 11.8 Å². The highest BCUT2D eigenvalue weighted by Crippen LogP contribution is 2.27. The van der Waals surface area contributed by atoms with E-state index in [-0.39, 0.29) is 35.2 Å². The van der Waals surface area contributed by atoms with Gasteiger partial charge < -0.3 is 15.0 Å². The van der Waals surface area contributed by atoms with E-state index in [9.17, 15) is 9.59 Å². The summed E-state index contributed by atoms with van der Waals surface area (Å²) in [7, 11) is 1.68. The first-order valence-electron chi connectivity index (χ1n) is 7.83. The van der Waals surface area contributed by atoms with E-state index in [1.807, 2.05) is 20.8 Å². The van der Waals surface area contributed by atoms with Crippen LogP contribution in [0.2, 0.25) is 0 Å². The fourth-order valence-corrected chi connectivity index (χ4v) is 2.83. The van der Waals surface area contributed by atoms with Crippen molar-refractivity contribution in [3.05, 3.63) is 0 Å². The summed E-state index contributed by atoms with van der Waals surface area (Å²) < 4.78 is 5.15. The van der Waals surface area contributed by atoms with Crippen LogP contribution < -0.4 is 5.32 Å². The van der Waals surface area contributed by atoms with Gasteiger partial charge in [-0.15, -0.1) is 0 Å². The molecule has 0 aromatic heterocycles. The van der Waals surface area contributed by atoms with Gasteiger partial charge in [-0.1, -0.05) is 34.6 Å². The molecule has 2 amide bonds. The highest BCUT2D eigenvalue weighted by Gasteiger charge is 2.42. The molecule has 2 unspecified atom stereocenters. The summed E-state index contributed by atoms with van der Waals surface area (Å²) in [5.41, 5.74) is -0.0747. The Morgan fingerprint density at radius 3 is 2.43 bits per heavy atom. The van der Waals surface area contributed by atoms with Crippen molar-refractivity contribution in [3.63, 3.8) is 0 Å². The third-order valence-electron chi connectivity index (χ3n) is 4.12. The molecule has 1 N–H and O–H groups in total. The number of carbonyl (C=O) groups is 2. The molecule has 1 rings (SSSR count). The molecule has 1 fully saturated rings. The summed E-state index contributed by atoms with van der Waals surface area (Å²) in [5.74, 6) is 0.116. The predicted molar refractivity (Wildman–Crippen MR) is 82.8 cm³/mol. The Bertz CT molecular complexity index is 380. The summed E-state index contributed by atoms with van der Waals surface area (Å²) >= 11 is 0. The Hall–Kier alpha value is -1.10. The van der Waals surface area contributed by atoms with Gasteiger partial charge in [0, 0.05) is 20.3 Å². The predicted octanol–water partition coefficient (Wildman–Crippen LogP) is 1.81. The normalized spacial score (nSPS) is 23.7. The Morgan fingerprint density at radius 2 is 1.95 bits per heavy atom. The quantitative estimate of drug-likeness (QED) is 0.780. The third-order valence-corrected chi connectivity index (χ3v) is 4.12. The molecule has 0 aromatic carbocycles. The zero-order chi connectivity index (χ0) is 16.2. The molecule has 1 saturated heterocycles. The van der Waals surface area contributed by atoms with Crippen LogP contribution in [0.15, 0.2) is 0 Å². The molecule has 122 valence electrons. The highest BCUT2D eigenvalue weighted by atomic mass is 16.5. The lowest BCUT2D eigenvalue weighted by Crippen LogP contribution is -2.65. The Balaban J connectivity index is 2.95. The standard InChI is InChI=1S/C16H30N2O3/c1-7-12-15(20)18(10-16(4,5)8-9-21-6)13(11(2)3)14(19)17-12/h11-13H,7-10H2,1-6H3,(H,17,19). The average molecular weight is 298 g/mol. The molecule has 0 bridgehead atoms. The number of ether oxygens (including phenoxy) is 1. The second-order valence-corrected chi connectivity index (χ2v) is 7.03. The lowest BCUT2D eigenvalue weighted by Gasteiger charge is -2.44. The molecule has 1 aliphatic heterocycles. The van der Waals surface area contributed by atoms with Crippen LogP contribution in [0.5, 0.6) is 0 Å². The van der Waals surface area contributed by atoms with Crippen LogP contribution in [0.25, 0.3) is 0 Å². The topological polar surface area (TPSA) is 58.6 Å². The van der Waals surface area contributed by atoms with Gasteiger partial charge in [0.05, 0.1) is 0 Å². The average Bonchev–Trinajstić information content (AvgIpc) is 2.39. The van der Waals surface area contributed by atoms with E-state index in [0.29, 0.717) is 19.6 Å². The van der Waals surface area contributed by atoms with Crippen molar-refractivity contribution in [2.75, 3.05) is 20.3 Å². The van der Waals surface area contributed by atoms with Crippen LogP contribution >= 0.6 is 0 Å². The smallest absolute Gasteiger partial charge is 0.245 e. The van der Waals surface area contributed by atoms with Crippen LogP contribution in [0.1, 0.15) is 47.5 Å². The molecule has 0 aliphatic carbocycles. The van der Waals surface area contributed by atoms with Crippen molar-refractivity contribution in [2.24, 2.45) is 11.3 Å². The maximum absolute atomic E-state index is 12.6. The van der Waals surface area contributed by atoms with E-state index in [1.165, 1.54) is 0 Å². The lowest BCUT2D eigenvalue weighted by atomic mass is 9.86. The number of hydrogen-bond acceptors (Lipinski definition) is 3. The number of piperazine rings is 1. The maximum atomic E-state index is 12.6. The monoisotopic (exact) mass is 298 g/mol. The van der Waals surface area contributed by atoms with E-state index in [0.717, 1.165) is 6.42 Å². The van der Waals surface area contributed by atoms with Crippen molar-refractivity contribution < 1.29 is 14.3 Å². The molecule has 0 radical (unpaired) electrons. The molecular weight excluding hydrogens is 268 g/mol. The SMILES string of the molecule is CCC1NC(=O)C(C(C)C)N(CC(C)(C)CCOC)C1=O. The van der Waals surface area contributed by atoms with Crippen molar-refractivity contribution in [3.8, 4) is 0 Å². The zero-order valence-electron chi connectivity index (χ0n) is 14.2. The van der Waals surface area contributed by atoms with E-state index >= 15 is 0 Å². The molecule has 1 heterocycles. The zero-order valence-corrected chi connectivity index (χ0v) is 14.2. The third kappa shape index (κ3) is 4.43. The van der Waals surface area contributed by atoms with Crippen LogP contribution in [0.3, 0.4) is 0 Å². The minimum absolute atomic E-state index is 0.0287. The van der Waals surface area contributed by atoms with Crippen molar-refractivity contribution in [2.45, 2.75) is 59.5 Å². The summed E-state index contributed by atoms with van der Waals surface area (Å²) in [6.07, 6.45) is 1.49. The lowest BCUT2D eigenvalue weighted by molar-refractivity contribution is -0.153. The van der Waals surface area contributed by atoms with E-state index in [4.69, 9.17) is 4.74 Å². The highest BCUT2D eigenvalue weighted by molar-refractivity contribution is 5.97. The first-order chi connectivity index (χ1) is 9.73. The van der Waals surface area contributed by atoms with Gasteiger partial charge in [0.25, 0.3) is 0 Å². The van der Waals surface area contributed by atoms with Gasteiger partial charge in [0.1, 0.15) is 12.1 Å². The fraction of sp³-hybridized carbons (Fsp3) is 0.875. The van der Waals surface area contributed by atoms with Crippen LogP contribution in [-0.2, 0) is 14.3 Å². The molecule has 0 saturated carbocycles. The molecule has 21 heavy (non-hydrogen) atoms. The summed E-state index contributed by atoms with van der Waals surface area (Å²) in [6.45, 7) is 11.4. The number of hydrogen-bond donors (Lipinski definition) is 1. The van der Waals surface area contributed by atoms with E-state index < -0.39 is 0 Å². The van der Waals surface area contributed by atoms with Crippen molar-refractivity contribution in [1.29, 1.82) is 0 Å². The van der Waals surface area contributed by atoms with Crippen molar-refractivity contribution in [1.82, 2.24) is 10.2 Å². The number of rotatable bonds is 7. The summed E-state index contributed by atoms with van der Waals surface area (Å²) in [6, 6.07) is -0.757. The van der Waals surface area contributed by atoms with Gasteiger partial charge in [0.15, 0.2) is 0 Å². The second kappa shape index (κ2) is 7.25. The number of nitrogens with zero attached hydrogens (tertiary/aromatic N) is 1. The van der Waals surface area contributed by atoms with Crippen LogP contribution in [0.4, 0.5) is 0 Å². The fourth-order valence-electron chi connectivity index (χ4n) is 2.83. The molecule has 0 aromatic rings. The minimum Gasteiger partial charge on any atom is -0.385 e. The van der Waals surface area contributed by atoms with Gasteiger partial charge in [-0.05, 0) is 24.2 Å².